The minimum atomic E-state index is -0.165. The molecule has 0 fully saturated rings. The van der Waals surface area contributed by atoms with Crippen LogP contribution in [0.1, 0.15) is 29.1 Å². The van der Waals surface area contributed by atoms with Crippen LogP contribution in [0.5, 0.6) is 5.88 Å². The van der Waals surface area contributed by atoms with Crippen molar-refractivity contribution in [1.29, 1.82) is 0 Å². The van der Waals surface area contributed by atoms with Gasteiger partial charge < -0.3 is 14.1 Å². The van der Waals surface area contributed by atoms with Gasteiger partial charge in [0.1, 0.15) is 0 Å². The van der Waals surface area contributed by atoms with Gasteiger partial charge in [-0.1, -0.05) is 6.92 Å². The van der Waals surface area contributed by atoms with Gasteiger partial charge in [-0.25, -0.2) is 4.98 Å². The molecule has 20 heavy (non-hydrogen) atoms. The Hall–Kier alpha value is -2.44. The van der Waals surface area contributed by atoms with Crippen molar-refractivity contribution in [2.75, 3.05) is 14.2 Å². The van der Waals surface area contributed by atoms with E-state index in [-0.39, 0.29) is 12.5 Å². The number of aryl methyl sites for hydroxylation is 1. The molecular weight excluding hydrogens is 260 g/mol. The highest BCUT2D eigenvalue weighted by atomic mass is 16.5. The molecule has 0 saturated heterocycles. The van der Waals surface area contributed by atoms with Crippen molar-refractivity contribution in [3.8, 4) is 5.88 Å². The molecule has 7 heteroatoms. The topological polar surface area (TPSA) is 81.4 Å². The van der Waals surface area contributed by atoms with E-state index in [1.165, 1.54) is 18.2 Å². The summed E-state index contributed by atoms with van der Waals surface area (Å²) in [6.07, 6.45) is 2.20. The van der Waals surface area contributed by atoms with Crippen LogP contribution in [0.15, 0.2) is 22.7 Å². The zero-order valence-electron chi connectivity index (χ0n) is 11.7. The van der Waals surface area contributed by atoms with Crippen molar-refractivity contribution in [2.24, 2.45) is 0 Å². The zero-order chi connectivity index (χ0) is 14.5. The number of methoxy groups -OCH3 is 1. The van der Waals surface area contributed by atoms with Crippen LogP contribution >= 0.6 is 0 Å². The Labute approximate surface area is 116 Å². The van der Waals surface area contributed by atoms with E-state index < -0.39 is 0 Å². The summed E-state index contributed by atoms with van der Waals surface area (Å²) >= 11 is 0. The summed E-state index contributed by atoms with van der Waals surface area (Å²) in [6.45, 7) is 2.19. The predicted octanol–water partition coefficient (Wildman–Crippen LogP) is 1.31. The highest BCUT2D eigenvalue weighted by Gasteiger charge is 2.16. The van der Waals surface area contributed by atoms with Crippen LogP contribution in [0, 0.1) is 0 Å². The molecule has 1 amide bonds. The summed E-state index contributed by atoms with van der Waals surface area (Å²) in [5.74, 6) is 1.21. The van der Waals surface area contributed by atoms with Crippen molar-refractivity contribution in [3.63, 3.8) is 0 Å². The minimum Gasteiger partial charge on any atom is -0.481 e. The average Bonchev–Trinajstić information content (AvgIpc) is 2.94. The van der Waals surface area contributed by atoms with Crippen LogP contribution in [0.3, 0.4) is 0 Å². The first kappa shape index (κ1) is 14.0. The maximum atomic E-state index is 12.2. The third kappa shape index (κ3) is 3.11. The molecule has 0 saturated carbocycles. The lowest BCUT2D eigenvalue weighted by Gasteiger charge is -2.15. The molecule has 0 aliphatic rings. The van der Waals surface area contributed by atoms with Crippen LogP contribution in [-0.2, 0) is 13.0 Å². The number of hydrogen-bond donors (Lipinski definition) is 0. The molecular formula is C13H16N4O3. The van der Waals surface area contributed by atoms with Crippen LogP contribution in [-0.4, -0.2) is 40.1 Å². The molecule has 2 aromatic rings. The highest BCUT2D eigenvalue weighted by molar-refractivity contribution is 5.94. The monoisotopic (exact) mass is 276 g/mol. The number of carbonyl (C=O) groups excluding carboxylic acids is 1. The van der Waals surface area contributed by atoms with Crippen LogP contribution in [0.4, 0.5) is 0 Å². The first-order valence-electron chi connectivity index (χ1n) is 6.20. The lowest BCUT2D eigenvalue weighted by atomic mass is 10.2. The molecule has 0 N–H and O–H groups in total. The number of nitrogens with zero attached hydrogens (tertiary/aromatic N) is 4. The van der Waals surface area contributed by atoms with Gasteiger partial charge in [-0.15, -0.1) is 10.2 Å². The van der Waals surface area contributed by atoms with Crippen LogP contribution in [0.2, 0.25) is 0 Å². The number of aromatic nitrogens is 3. The van der Waals surface area contributed by atoms with E-state index in [0.717, 1.165) is 0 Å². The second-order valence-electron chi connectivity index (χ2n) is 4.19. The van der Waals surface area contributed by atoms with Gasteiger partial charge in [-0.05, 0) is 6.07 Å². The Bertz CT molecular complexity index is 597. The van der Waals surface area contributed by atoms with E-state index >= 15 is 0 Å². The van der Waals surface area contributed by atoms with Gasteiger partial charge in [0.15, 0.2) is 0 Å². The van der Waals surface area contributed by atoms with Crippen molar-refractivity contribution in [1.82, 2.24) is 20.1 Å². The summed E-state index contributed by atoms with van der Waals surface area (Å²) in [6, 6.07) is 3.22. The van der Waals surface area contributed by atoms with E-state index in [1.807, 2.05) is 6.92 Å². The minimum absolute atomic E-state index is 0.165. The van der Waals surface area contributed by atoms with Gasteiger partial charge >= 0.3 is 0 Å². The van der Waals surface area contributed by atoms with Gasteiger partial charge in [0.2, 0.25) is 17.7 Å². The molecule has 0 aliphatic carbocycles. The molecule has 0 aromatic carbocycles. The number of pyridine rings is 1. The Morgan fingerprint density at radius 1 is 1.40 bits per heavy atom. The van der Waals surface area contributed by atoms with Gasteiger partial charge in [-0.3, -0.25) is 4.79 Å². The van der Waals surface area contributed by atoms with Crippen LogP contribution in [0.25, 0.3) is 0 Å². The molecule has 2 rings (SSSR count). The van der Waals surface area contributed by atoms with Crippen LogP contribution < -0.4 is 4.74 Å². The van der Waals surface area contributed by atoms with E-state index in [0.29, 0.717) is 29.6 Å². The summed E-state index contributed by atoms with van der Waals surface area (Å²) in [5, 5.41) is 7.75. The number of hydrogen-bond acceptors (Lipinski definition) is 6. The van der Waals surface area contributed by atoms with E-state index in [9.17, 15) is 4.79 Å². The van der Waals surface area contributed by atoms with Gasteiger partial charge in [0, 0.05) is 31.3 Å². The Morgan fingerprint density at radius 2 is 2.15 bits per heavy atom. The zero-order valence-corrected chi connectivity index (χ0v) is 11.7. The molecule has 0 spiro atoms. The SMILES string of the molecule is CCc1nnc(CN(C)C(=O)c2ccnc(OC)c2)o1. The van der Waals surface area contributed by atoms with Crippen molar-refractivity contribution < 1.29 is 13.9 Å². The molecule has 0 radical (unpaired) electrons. The first-order valence-corrected chi connectivity index (χ1v) is 6.20. The third-order valence-corrected chi connectivity index (χ3v) is 2.72. The fourth-order valence-electron chi connectivity index (χ4n) is 1.64. The summed E-state index contributed by atoms with van der Waals surface area (Å²) in [7, 11) is 3.18. The van der Waals surface area contributed by atoms with Gasteiger partial charge in [-0.2, -0.15) is 0 Å². The number of ether oxygens (including phenoxy) is 1. The molecule has 7 nitrogen and oxygen atoms in total. The average molecular weight is 276 g/mol. The van der Waals surface area contributed by atoms with Crippen molar-refractivity contribution >= 4 is 5.91 Å². The number of carbonyl (C=O) groups is 1. The fraction of sp³-hybridized carbons (Fsp3) is 0.385. The molecule has 2 aromatic heterocycles. The Morgan fingerprint density at radius 3 is 2.80 bits per heavy atom. The quantitative estimate of drug-likeness (QED) is 0.819. The Balaban J connectivity index is 2.07. The molecule has 2 heterocycles. The second kappa shape index (κ2) is 6.14. The predicted molar refractivity (Wildman–Crippen MR) is 70.3 cm³/mol. The van der Waals surface area contributed by atoms with E-state index in [4.69, 9.17) is 9.15 Å². The Kier molecular flexibility index (Phi) is 4.29. The fourth-order valence-corrected chi connectivity index (χ4v) is 1.64. The lowest BCUT2D eigenvalue weighted by molar-refractivity contribution is 0.0771. The number of amides is 1. The molecule has 0 unspecified atom stereocenters. The summed E-state index contributed by atoms with van der Waals surface area (Å²) in [5.41, 5.74) is 0.495. The third-order valence-electron chi connectivity index (χ3n) is 2.72. The number of rotatable bonds is 5. The first-order chi connectivity index (χ1) is 9.63. The second-order valence-corrected chi connectivity index (χ2v) is 4.19. The summed E-state index contributed by atoms with van der Waals surface area (Å²) < 4.78 is 10.4. The standard InChI is InChI=1S/C13H16N4O3/c1-4-10-15-16-12(20-10)8-17(2)13(18)9-5-6-14-11(7-9)19-3/h5-7H,4,8H2,1-3H3. The van der Waals surface area contributed by atoms with Gasteiger partial charge in [0.25, 0.3) is 5.91 Å². The summed E-state index contributed by atoms with van der Waals surface area (Å²) in [4.78, 5) is 17.7. The normalized spacial score (nSPS) is 10.3. The molecule has 0 atom stereocenters. The molecule has 106 valence electrons. The molecule has 0 bridgehead atoms. The van der Waals surface area contributed by atoms with E-state index in [2.05, 4.69) is 15.2 Å². The highest BCUT2D eigenvalue weighted by Crippen LogP contribution is 2.12. The molecule has 0 aliphatic heterocycles. The smallest absolute Gasteiger partial charge is 0.254 e. The van der Waals surface area contributed by atoms with Crippen molar-refractivity contribution in [2.45, 2.75) is 19.9 Å². The van der Waals surface area contributed by atoms with Gasteiger partial charge in [0.05, 0.1) is 13.7 Å². The maximum Gasteiger partial charge on any atom is 0.254 e. The lowest BCUT2D eigenvalue weighted by Crippen LogP contribution is -2.26. The van der Waals surface area contributed by atoms with E-state index in [1.54, 1.807) is 19.2 Å². The van der Waals surface area contributed by atoms with Crippen molar-refractivity contribution in [3.05, 3.63) is 35.7 Å². The maximum absolute atomic E-state index is 12.2. The largest absolute Gasteiger partial charge is 0.481 e.